The van der Waals surface area contributed by atoms with Gasteiger partial charge in [0.1, 0.15) is 11.5 Å². The molecule has 0 bridgehead atoms. The monoisotopic (exact) mass is 493 g/mol. The Morgan fingerprint density at radius 1 is 0.758 bits per heavy atom. The Balaban J connectivity index is 1.95. The Morgan fingerprint density at radius 3 is 1.52 bits per heavy atom. The lowest BCUT2D eigenvalue weighted by atomic mass is 10.2. The second-order valence-corrected chi connectivity index (χ2v) is 10.2. The van der Waals surface area contributed by atoms with Crippen molar-refractivity contribution in [1.82, 2.24) is 4.49 Å². The molecule has 172 valence electrons. The Hall–Kier alpha value is -3.80. The van der Waals surface area contributed by atoms with Gasteiger partial charge in [0.15, 0.2) is 0 Å². The Morgan fingerprint density at radius 2 is 1.15 bits per heavy atom. The van der Waals surface area contributed by atoms with Crippen LogP contribution in [0.25, 0.3) is 0 Å². The van der Waals surface area contributed by atoms with Crippen LogP contribution < -0.4 is 13.5 Å². The molecule has 1 N–H and O–H groups in total. The lowest BCUT2D eigenvalue weighted by molar-refractivity contribution is -0.385. The van der Waals surface area contributed by atoms with Gasteiger partial charge in [-0.3, -0.25) is 20.2 Å². The second-order valence-electron chi connectivity index (χ2n) is 6.59. The molecular formula is C19H16N3O9PS. The van der Waals surface area contributed by atoms with E-state index in [0.717, 1.165) is 54.1 Å². The zero-order valence-electron chi connectivity index (χ0n) is 16.9. The normalized spacial score (nSPS) is 11.5. The van der Waals surface area contributed by atoms with Crippen LogP contribution in [0.3, 0.4) is 0 Å². The van der Waals surface area contributed by atoms with E-state index in [1.807, 2.05) is 4.49 Å². The minimum absolute atomic E-state index is 0.183. The number of non-ortho nitro benzene ring substituents is 2. The van der Waals surface area contributed by atoms with E-state index in [0.29, 0.717) is 0 Å². The summed E-state index contributed by atoms with van der Waals surface area (Å²) < 4.78 is 51.5. The van der Waals surface area contributed by atoms with Gasteiger partial charge in [-0.2, -0.15) is 0 Å². The molecule has 0 atom stereocenters. The molecule has 0 aliphatic carbocycles. The molecule has 0 aliphatic heterocycles. The topological polar surface area (TPSA) is 168 Å². The van der Waals surface area contributed by atoms with Crippen molar-refractivity contribution in [2.24, 2.45) is 0 Å². The van der Waals surface area contributed by atoms with Gasteiger partial charge in [-0.25, -0.2) is 13.0 Å². The Bertz CT molecular complexity index is 1260. The third-order valence-corrected chi connectivity index (χ3v) is 7.76. The minimum atomic E-state index is -4.72. The molecule has 3 rings (SSSR count). The summed E-state index contributed by atoms with van der Waals surface area (Å²) in [6.45, 7) is 1.75. The highest BCUT2D eigenvalue weighted by Gasteiger charge is 2.36. The van der Waals surface area contributed by atoms with Crippen LogP contribution in [0, 0.1) is 27.2 Å². The third kappa shape index (κ3) is 6.13. The maximum Gasteiger partial charge on any atom is 0.526 e. The molecule has 0 aromatic heterocycles. The van der Waals surface area contributed by atoms with Gasteiger partial charge in [0, 0.05) is 24.3 Å². The molecule has 0 unspecified atom stereocenters. The molecule has 0 spiro atoms. The summed E-state index contributed by atoms with van der Waals surface area (Å²) in [6.07, 6.45) is 0. The van der Waals surface area contributed by atoms with E-state index in [-0.39, 0.29) is 27.8 Å². The first-order chi connectivity index (χ1) is 15.5. The average molecular weight is 493 g/mol. The largest absolute Gasteiger partial charge is 0.526 e. The van der Waals surface area contributed by atoms with Crippen LogP contribution in [0.2, 0.25) is 0 Å². The molecule has 0 saturated carbocycles. The first-order valence-electron chi connectivity index (χ1n) is 9.06. The van der Waals surface area contributed by atoms with Gasteiger partial charge in [-0.1, -0.05) is 22.2 Å². The van der Waals surface area contributed by atoms with Gasteiger partial charge < -0.3 is 9.05 Å². The molecular weight excluding hydrogens is 477 g/mol. The highest BCUT2D eigenvalue weighted by atomic mass is 32.2. The van der Waals surface area contributed by atoms with E-state index in [2.05, 4.69) is 0 Å². The quantitative estimate of drug-likeness (QED) is 0.259. The fourth-order valence-electron chi connectivity index (χ4n) is 2.51. The number of nitrogens with one attached hydrogen (secondary N) is 1. The first-order valence-corrected chi connectivity index (χ1v) is 12.1. The van der Waals surface area contributed by atoms with Crippen LogP contribution in [0.4, 0.5) is 11.4 Å². The van der Waals surface area contributed by atoms with Crippen LogP contribution in [0.15, 0.2) is 77.7 Å². The zero-order chi connectivity index (χ0) is 24.2. The molecule has 14 heteroatoms. The van der Waals surface area contributed by atoms with Gasteiger partial charge in [-0.05, 0) is 43.3 Å². The van der Waals surface area contributed by atoms with Gasteiger partial charge in [0.2, 0.25) is 0 Å². The van der Waals surface area contributed by atoms with Gasteiger partial charge >= 0.3 is 7.75 Å². The summed E-state index contributed by atoms with van der Waals surface area (Å²) in [4.78, 5) is 20.1. The number of benzene rings is 3. The van der Waals surface area contributed by atoms with Crippen molar-refractivity contribution in [3.05, 3.63) is 98.6 Å². The highest BCUT2D eigenvalue weighted by molar-refractivity contribution is 7.94. The van der Waals surface area contributed by atoms with Crippen LogP contribution >= 0.6 is 7.75 Å². The van der Waals surface area contributed by atoms with Crippen molar-refractivity contribution in [2.75, 3.05) is 0 Å². The van der Waals surface area contributed by atoms with E-state index in [1.54, 1.807) is 6.92 Å². The predicted molar refractivity (Wildman–Crippen MR) is 117 cm³/mol. The fraction of sp³-hybridized carbons (Fsp3) is 0.0526. The summed E-state index contributed by atoms with van der Waals surface area (Å²) in [6, 6.07) is 14.4. The minimum Gasteiger partial charge on any atom is -0.404 e. The first kappa shape index (κ1) is 23.9. The summed E-state index contributed by atoms with van der Waals surface area (Å²) >= 11 is 0. The molecule has 0 aliphatic rings. The molecule has 0 amide bonds. The van der Waals surface area contributed by atoms with Crippen LogP contribution in [0.1, 0.15) is 5.56 Å². The van der Waals surface area contributed by atoms with Crippen LogP contribution in [0.5, 0.6) is 11.5 Å². The molecule has 0 heterocycles. The average Bonchev–Trinajstić information content (AvgIpc) is 2.74. The summed E-state index contributed by atoms with van der Waals surface area (Å²) in [5, 5.41) is 21.7. The lowest BCUT2D eigenvalue weighted by Gasteiger charge is -2.20. The number of sulfonamides is 1. The SMILES string of the molecule is Cc1ccc(S(=O)(=O)NP(=O)(Oc2ccc([N+](=O)[O-])cc2)Oc2ccc([N+](=O)[O-])cc2)cc1. The Kier molecular flexibility index (Phi) is 6.77. The maximum atomic E-state index is 13.4. The molecule has 3 aromatic rings. The van der Waals surface area contributed by atoms with Crippen molar-refractivity contribution < 1.29 is 31.9 Å². The van der Waals surface area contributed by atoms with Gasteiger partial charge in [0.05, 0.1) is 14.7 Å². The van der Waals surface area contributed by atoms with Gasteiger partial charge in [0.25, 0.3) is 21.4 Å². The van der Waals surface area contributed by atoms with Crippen molar-refractivity contribution in [2.45, 2.75) is 11.8 Å². The van der Waals surface area contributed by atoms with E-state index < -0.39 is 27.6 Å². The van der Waals surface area contributed by atoms with E-state index >= 15 is 0 Å². The van der Waals surface area contributed by atoms with Crippen molar-refractivity contribution in [1.29, 1.82) is 0 Å². The molecule has 0 saturated heterocycles. The molecule has 0 fully saturated rings. The number of rotatable bonds is 9. The fourth-order valence-corrected chi connectivity index (χ4v) is 5.74. The summed E-state index contributed by atoms with van der Waals surface area (Å²) in [5.74, 6) is -0.366. The second kappa shape index (κ2) is 9.36. The highest BCUT2D eigenvalue weighted by Crippen LogP contribution is 2.46. The maximum absolute atomic E-state index is 13.4. The zero-order valence-corrected chi connectivity index (χ0v) is 18.6. The predicted octanol–water partition coefficient (Wildman–Crippen LogP) is 4.36. The van der Waals surface area contributed by atoms with Crippen molar-refractivity contribution >= 4 is 29.1 Å². The number of hydrogen-bond donors (Lipinski definition) is 1. The standard InChI is InChI=1S/C19H16N3O9PS/c1-14-2-12-19(13-3-14)33(28,29)20-32(27,30-17-8-4-15(5-9-17)21(23)24)31-18-10-6-16(7-11-18)22(25)26/h2-13H,1H3,(H,20,27). The van der Waals surface area contributed by atoms with E-state index in [1.165, 1.54) is 24.3 Å². The molecule has 12 nitrogen and oxygen atoms in total. The molecule has 0 radical (unpaired) electrons. The number of nitro groups is 2. The number of aryl methyl sites for hydroxylation is 1. The summed E-state index contributed by atoms with van der Waals surface area (Å²) in [5.41, 5.74) is 0.254. The summed E-state index contributed by atoms with van der Waals surface area (Å²) in [7, 11) is -9.12. The number of hydrogen-bond acceptors (Lipinski definition) is 9. The van der Waals surface area contributed by atoms with Gasteiger partial charge in [-0.15, -0.1) is 0 Å². The van der Waals surface area contributed by atoms with E-state index in [9.17, 15) is 33.2 Å². The van der Waals surface area contributed by atoms with E-state index in [4.69, 9.17) is 9.05 Å². The lowest BCUT2D eigenvalue weighted by Crippen LogP contribution is -2.26. The smallest absolute Gasteiger partial charge is 0.404 e. The van der Waals surface area contributed by atoms with Crippen LogP contribution in [-0.2, 0) is 14.6 Å². The third-order valence-electron chi connectivity index (χ3n) is 4.11. The van der Waals surface area contributed by atoms with Crippen LogP contribution in [-0.4, -0.2) is 18.3 Å². The number of nitro benzene ring substituents is 2. The molecule has 33 heavy (non-hydrogen) atoms. The van der Waals surface area contributed by atoms with Crippen molar-refractivity contribution in [3.63, 3.8) is 0 Å². The molecule has 3 aromatic carbocycles. The Labute approximate surface area is 187 Å². The van der Waals surface area contributed by atoms with Crippen molar-refractivity contribution in [3.8, 4) is 11.5 Å². The number of nitrogens with zero attached hydrogens (tertiary/aromatic N) is 2.